The predicted octanol–water partition coefficient (Wildman–Crippen LogP) is 3.22. The number of carboxylic acids is 1. The van der Waals surface area contributed by atoms with Gasteiger partial charge in [0, 0.05) is 26.2 Å². The lowest BCUT2D eigenvalue weighted by molar-refractivity contribution is -0.149. The van der Waals surface area contributed by atoms with Crippen molar-refractivity contribution in [3.05, 3.63) is 0 Å². The van der Waals surface area contributed by atoms with Crippen molar-refractivity contribution in [1.82, 2.24) is 10.2 Å². The number of nitrogens with one attached hydrogen (secondary N) is 1. The van der Waals surface area contributed by atoms with Crippen LogP contribution in [-0.4, -0.2) is 59.6 Å². The van der Waals surface area contributed by atoms with Crippen molar-refractivity contribution in [2.75, 3.05) is 19.8 Å². The molecule has 0 aromatic rings. The molecule has 31 heavy (non-hydrogen) atoms. The van der Waals surface area contributed by atoms with Crippen LogP contribution in [0.2, 0.25) is 0 Å². The highest BCUT2D eigenvalue weighted by Gasteiger charge is 2.51. The highest BCUT2D eigenvalue weighted by Crippen LogP contribution is 2.61. The second-order valence-corrected chi connectivity index (χ2v) is 10.2. The summed E-state index contributed by atoms with van der Waals surface area (Å²) in [6.07, 6.45) is 9.28. The third-order valence-electron chi connectivity index (χ3n) is 7.68. The molecule has 176 valence electrons. The zero-order valence-corrected chi connectivity index (χ0v) is 19.4. The molecule has 1 heterocycles. The summed E-state index contributed by atoms with van der Waals surface area (Å²) in [5.41, 5.74) is 0.152. The smallest absolute Gasteiger partial charge is 0.326 e. The molecule has 2 atom stereocenters. The molecule has 2 amide bonds. The Morgan fingerprint density at radius 1 is 1.06 bits per heavy atom. The maximum Gasteiger partial charge on any atom is 0.326 e. The lowest BCUT2D eigenvalue weighted by atomic mass is 9.49. The van der Waals surface area contributed by atoms with E-state index in [1.54, 1.807) is 6.92 Å². The number of hydrogen-bond acceptors (Lipinski definition) is 4. The first-order valence-electron chi connectivity index (χ1n) is 12.2. The van der Waals surface area contributed by atoms with Crippen LogP contribution in [0, 0.1) is 23.2 Å². The summed E-state index contributed by atoms with van der Waals surface area (Å²) >= 11 is 0. The van der Waals surface area contributed by atoms with Gasteiger partial charge in [0.15, 0.2) is 0 Å². The first kappa shape index (κ1) is 24.0. The molecule has 0 spiro atoms. The Morgan fingerprint density at radius 2 is 1.61 bits per heavy atom. The van der Waals surface area contributed by atoms with Gasteiger partial charge in [-0.1, -0.05) is 0 Å². The lowest BCUT2D eigenvalue weighted by Gasteiger charge is -2.56. The number of carbonyl (C=O) groups is 3. The number of rotatable bonds is 7. The predicted molar refractivity (Wildman–Crippen MR) is 117 cm³/mol. The Bertz CT molecular complexity index is 627. The van der Waals surface area contributed by atoms with Crippen molar-refractivity contribution in [2.45, 2.75) is 90.6 Å². The molecule has 5 fully saturated rings. The number of carbonyl (C=O) groups excluding carboxylic acids is 2. The fraction of sp³-hybridized carbons (Fsp3) is 0.875. The summed E-state index contributed by atoms with van der Waals surface area (Å²) in [6, 6.07) is -1.40. The standard InChI is InChI=1S/C20H30N2O4.C4H10O/c1-12(18(24)22-4-2-3-16(22)19(25)26)21-17(23)11-20-8-13-5-14(9-20)7-15(6-13)10-20;1-3-5-4-2/h12-16H,2-11H2,1H3,(H,21,23)(H,25,26);3-4H2,1-2H3/t12-,13?,14?,15?,16-,20?;/m0./s1. The molecule has 0 radical (unpaired) electrons. The molecule has 0 aromatic carbocycles. The first-order chi connectivity index (χ1) is 14.8. The summed E-state index contributed by atoms with van der Waals surface area (Å²) in [4.78, 5) is 38.0. The van der Waals surface area contributed by atoms with Crippen LogP contribution in [-0.2, 0) is 19.1 Å². The molecule has 7 nitrogen and oxygen atoms in total. The van der Waals surface area contributed by atoms with Crippen molar-refractivity contribution in [1.29, 1.82) is 0 Å². The van der Waals surface area contributed by atoms with Crippen LogP contribution >= 0.6 is 0 Å². The van der Waals surface area contributed by atoms with E-state index in [9.17, 15) is 19.5 Å². The van der Waals surface area contributed by atoms with E-state index in [4.69, 9.17) is 4.74 Å². The van der Waals surface area contributed by atoms with Gasteiger partial charge in [-0.2, -0.15) is 0 Å². The van der Waals surface area contributed by atoms with Gasteiger partial charge in [-0.25, -0.2) is 4.79 Å². The molecule has 0 aromatic heterocycles. The van der Waals surface area contributed by atoms with Crippen molar-refractivity contribution in [2.24, 2.45) is 23.2 Å². The van der Waals surface area contributed by atoms with Gasteiger partial charge in [0.1, 0.15) is 12.1 Å². The number of carboxylic acid groups (broad SMARTS) is 1. The van der Waals surface area contributed by atoms with Crippen LogP contribution < -0.4 is 5.32 Å². The fourth-order valence-corrected chi connectivity index (χ4v) is 6.94. The largest absolute Gasteiger partial charge is 0.480 e. The van der Waals surface area contributed by atoms with Gasteiger partial charge in [-0.15, -0.1) is 0 Å². The minimum Gasteiger partial charge on any atom is -0.480 e. The van der Waals surface area contributed by atoms with Gasteiger partial charge >= 0.3 is 5.97 Å². The average Bonchev–Trinajstić information content (AvgIpc) is 3.17. The van der Waals surface area contributed by atoms with Crippen molar-refractivity contribution in [3.63, 3.8) is 0 Å². The van der Waals surface area contributed by atoms with E-state index >= 15 is 0 Å². The summed E-state index contributed by atoms with van der Waals surface area (Å²) < 4.78 is 4.83. The highest BCUT2D eigenvalue weighted by atomic mass is 16.5. The zero-order valence-electron chi connectivity index (χ0n) is 19.4. The summed E-state index contributed by atoms with van der Waals surface area (Å²) in [5, 5.41) is 12.1. The lowest BCUT2D eigenvalue weighted by Crippen LogP contribution is -2.52. The Balaban J connectivity index is 0.000000491. The van der Waals surface area contributed by atoms with Crippen LogP contribution in [0.25, 0.3) is 0 Å². The summed E-state index contributed by atoms with van der Waals surface area (Å²) in [5.74, 6) is 1.13. The Labute approximate surface area is 186 Å². The van der Waals surface area contributed by atoms with Gasteiger partial charge in [0.25, 0.3) is 0 Å². The summed E-state index contributed by atoms with van der Waals surface area (Å²) in [6.45, 7) is 7.81. The molecule has 1 aliphatic heterocycles. The molecule has 4 aliphatic carbocycles. The van der Waals surface area contributed by atoms with Gasteiger partial charge in [-0.05, 0) is 95.3 Å². The second kappa shape index (κ2) is 10.3. The van der Waals surface area contributed by atoms with E-state index in [1.807, 2.05) is 13.8 Å². The third-order valence-corrected chi connectivity index (χ3v) is 7.68. The molecule has 1 saturated heterocycles. The third kappa shape index (κ3) is 5.79. The number of nitrogens with zero attached hydrogens (tertiary/aromatic N) is 1. The Hall–Kier alpha value is -1.63. The monoisotopic (exact) mass is 436 g/mol. The van der Waals surface area contributed by atoms with Gasteiger partial charge in [0.05, 0.1) is 0 Å². The molecule has 4 bridgehead atoms. The van der Waals surface area contributed by atoms with E-state index in [-0.39, 0.29) is 17.2 Å². The topological polar surface area (TPSA) is 95.9 Å². The van der Waals surface area contributed by atoms with Crippen LogP contribution in [0.4, 0.5) is 0 Å². The number of ether oxygens (including phenoxy) is 1. The van der Waals surface area contributed by atoms with E-state index in [0.29, 0.717) is 25.8 Å². The van der Waals surface area contributed by atoms with Crippen molar-refractivity contribution < 1.29 is 24.2 Å². The van der Waals surface area contributed by atoms with E-state index < -0.39 is 18.1 Å². The molecule has 5 rings (SSSR count). The average molecular weight is 437 g/mol. The quantitative estimate of drug-likeness (QED) is 0.639. The molecule has 4 saturated carbocycles. The van der Waals surface area contributed by atoms with Crippen molar-refractivity contribution in [3.8, 4) is 0 Å². The number of amides is 2. The molecule has 2 N–H and O–H groups in total. The maximum absolute atomic E-state index is 12.7. The number of hydrogen-bond donors (Lipinski definition) is 2. The molecule has 7 heteroatoms. The zero-order chi connectivity index (χ0) is 22.6. The summed E-state index contributed by atoms with van der Waals surface area (Å²) in [7, 11) is 0. The normalized spacial score (nSPS) is 34.1. The van der Waals surface area contributed by atoms with Gasteiger partial charge in [-0.3, -0.25) is 9.59 Å². The second-order valence-electron chi connectivity index (χ2n) is 10.2. The molecule has 0 unspecified atom stereocenters. The fourth-order valence-electron chi connectivity index (χ4n) is 6.94. The van der Waals surface area contributed by atoms with Gasteiger partial charge in [0.2, 0.25) is 11.8 Å². The number of aliphatic carboxylic acids is 1. The maximum atomic E-state index is 12.7. The van der Waals surface area contributed by atoms with E-state index in [0.717, 1.165) is 31.0 Å². The first-order valence-corrected chi connectivity index (χ1v) is 12.2. The minimum absolute atomic E-state index is 0.0427. The highest BCUT2D eigenvalue weighted by molar-refractivity contribution is 5.90. The van der Waals surface area contributed by atoms with Crippen LogP contribution in [0.5, 0.6) is 0 Å². The Kier molecular flexibility index (Phi) is 8.00. The molecular weight excluding hydrogens is 396 g/mol. The minimum atomic E-state index is -0.956. The van der Waals surface area contributed by atoms with Gasteiger partial charge < -0.3 is 20.1 Å². The van der Waals surface area contributed by atoms with Crippen LogP contribution in [0.3, 0.4) is 0 Å². The van der Waals surface area contributed by atoms with E-state index in [1.165, 1.54) is 43.4 Å². The molecule has 5 aliphatic rings. The van der Waals surface area contributed by atoms with Crippen molar-refractivity contribution >= 4 is 17.8 Å². The number of likely N-dealkylation sites (tertiary alicyclic amines) is 1. The van der Waals surface area contributed by atoms with Crippen LogP contribution in [0.1, 0.15) is 78.6 Å². The molecular formula is C24H40N2O5. The SMILES string of the molecule is CCOCC.C[C@H](NC(=O)CC12CC3CC(CC(C3)C1)C2)C(=O)N1CCC[C@H]1C(=O)O. The Morgan fingerprint density at radius 3 is 2.06 bits per heavy atom. The van der Waals surface area contributed by atoms with E-state index in [2.05, 4.69) is 5.32 Å². The van der Waals surface area contributed by atoms with Crippen LogP contribution in [0.15, 0.2) is 0 Å².